The zero-order valence-corrected chi connectivity index (χ0v) is 8.29. The fraction of sp³-hybridized carbons (Fsp3) is 1.00. The molecule has 0 aromatic rings. The fourth-order valence-electron chi connectivity index (χ4n) is 1.67. The van der Waals surface area contributed by atoms with Crippen molar-refractivity contribution in [2.75, 3.05) is 13.1 Å². The van der Waals surface area contributed by atoms with E-state index < -0.39 is 0 Å². The lowest BCUT2D eigenvalue weighted by atomic mass is 9.94. The van der Waals surface area contributed by atoms with Crippen LogP contribution in [0.1, 0.15) is 20.3 Å². The third-order valence-corrected chi connectivity index (χ3v) is 3.17. The Morgan fingerprint density at radius 2 is 1.80 bits per heavy atom. The summed E-state index contributed by atoms with van der Waals surface area (Å²) in [7, 11) is 1.58. The minimum Gasteiger partial charge on any atom is -0.241 e. The van der Waals surface area contributed by atoms with Crippen LogP contribution in [0, 0.1) is 11.8 Å². The summed E-state index contributed by atoms with van der Waals surface area (Å²) in [5, 5.41) is 0. The van der Waals surface area contributed by atoms with Crippen molar-refractivity contribution in [1.29, 1.82) is 0 Å². The highest BCUT2D eigenvalue weighted by atomic mass is 33.1. The molecule has 2 atom stereocenters. The molecular formula is C7H15NS2. The van der Waals surface area contributed by atoms with Gasteiger partial charge < -0.3 is 0 Å². The van der Waals surface area contributed by atoms with Crippen LogP contribution in [0.4, 0.5) is 0 Å². The first-order valence-corrected chi connectivity index (χ1v) is 5.61. The molecule has 0 aromatic carbocycles. The first kappa shape index (κ1) is 8.75. The standard InChI is InChI=1S/C7H15NS2/c1-6-3-7(2)5-8(4-6)10-9/h6-7,9H,3-5H2,1-2H3. The van der Waals surface area contributed by atoms with Gasteiger partial charge in [-0.15, -0.1) is 0 Å². The molecule has 3 heteroatoms. The molecule has 60 valence electrons. The molecule has 0 N–H and O–H groups in total. The minimum atomic E-state index is 0.850. The Morgan fingerprint density at radius 1 is 1.30 bits per heavy atom. The Kier molecular flexibility index (Phi) is 3.40. The van der Waals surface area contributed by atoms with Crippen LogP contribution >= 0.6 is 22.6 Å². The topological polar surface area (TPSA) is 3.24 Å². The van der Waals surface area contributed by atoms with Gasteiger partial charge in [0.2, 0.25) is 0 Å². The van der Waals surface area contributed by atoms with E-state index in [9.17, 15) is 0 Å². The Balaban J connectivity index is 2.35. The van der Waals surface area contributed by atoms with Crippen LogP contribution in [0.15, 0.2) is 0 Å². The predicted molar refractivity (Wildman–Crippen MR) is 51.1 cm³/mol. The Hall–Kier alpha value is 0.660. The molecule has 2 unspecified atom stereocenters. The first-order valence-electron chi connectivity index (χ1n) is 3.79. The van der Waals surface area contributed by atoms with Crippen molar-refractivity contribution >= 4 is 22.6 Å². The predicted octanol–water partition coefficient (Wildman–Crippen LogP) is 2.46. The number of piperidine rings is 1. The Morgan fingerprint density at radius 3 is 2.20 bits per heavy atom. The van der Waals surface area contributed by atoms with Gasteiger partial charge in [-0.05, 0) is 29.2 Å². The quantitative estimate of drug-likeness (QED) is 0.372. The summed E-state index contributed by atoms with van der Waals surface area (Å²) in [4.78, 5) is 0. The largest absolute Gasteiger partial charge is 0.241 e. The summed E-state index contributed by atoms with van der Waals surface area (Å²) in [6.07, 6.45) is 1.38. The second kappa shape index (κ2) is 3.88. The average molecular weight is 177 g/mol. The lowest BCUT2D eigenvalue weighted by Gasteiger charge is -2.32. The molecule has 1 nitrogen and oxygen atoms in total. The van der Waals surface area contributed by atoms with Gasteiger partial charge in [0.25, 0.3) is 0 Å². The number of nitrogens with zero attached hydrogens (tertiary/aromatic N) is 1. The van der Waals surface area contributed by atoms with Gasteiger partial charge in [-0.2, -0.15) is 0 Å². The molecule has 0 aliphatic carbocycles. The molecule has 10 heavy (non-hydrogen) atoms. The highest BCUT2D eigenvalue weighted by Crippen LogP contribution is 2.27. The van der Waals surface area contributed by atoms with Crippen molar-refractivity contribution in [3.63, 3.8) is 0 Å². The molecular weight excluding hydrogens is 162 g/mol. The van der Waals surface area contributed by atoms with E-state index in [-0.39, 0.29) is 0 Å². The third kappa shape index (κ3) is 2.36. The molecule has 1 aliphatic heterocycles. The van der Waals surface area contributed by atoms with Crippen LogP contribution in [0.25, 0.3) is 0 Å². The SMILES string of the molecule is CC1CC(C)CN(SS)C1. The van der Waals surface area contributed by atoms with Gasteiger partial charge in [0.1, 0.15) is 0 Å². The number of thiol groups is 1. The van der Waals surface area contributed by atoms with Crippen molar-refractivity contribution in [1.82, 2.24) is 4.31 Å². The fourth-order valence-corrected chi connectivity index (χ4v) is 2.71. The van der Waals surface area contributed by atoms with Gasteiger partial charge in [0, 0.05) is 13.1 Å². The molecule has 1 saturated heterocycles. The van der Waals surface area contributed by atoms with E-state index in [1.54, 1.807) is 11.0 Å². The molecule has 1 aliphatic rings. The van der Waals surface area contributed by atoms with Crippen LogP contribution in [-0.4, -0.2) is 17.4 Å². The van der Waals surface area contributed by atoms with Gasteiger partial charge in [-0.3, -0.25) is 0 Å². The number of hydrogen-bond donors (Lipinski definition) is 1. The summed E-state index contributed by atoms with van der Waals surface area (Å²) in [5.74, 6) is 1.70. The second-order valence-corrected chi connectivity index (χ2v) is 4.54. The molecule has 0 saturated carbocycles. The van der Waals surface area contributed by atoms with Gasteiger partial charge in [0.05, 0.1) is 0 Å². The summed E-state index contributed by atoms with van der Waals surface area (Å²) in [6.45, 7) is 7.04. The zero-order chi connectivity index (χ0) is 7.56. The second-order valence-electron chi connectivity index (χ2n) is 3.37. The van der Waals surface area contributed by atoms with E-state index >= 15 is 0 Å². The summed E-state index contributed by atoms with van der Waals surface area (Å²) < 4.78 is 2.34. The molecule has 1 fully saturated rings. The van der Waals surface area contributed by atoms with E-state index in [1.165, 1.54) is 19.5 Å². The molecule has 0 aromatic heterocycles. The van der Waals surface area contributed by atoms with Crippen molar-refractivity contribution in [3.05, 3.63) is 0 Å². The Labute approximate surface area is 72.5 Å². The number of rotatable bonds is 1. The molecule has 0 amide bonds. The van der Waals surface area contributed by atoms with Gasteiger partial charge >= 0.3 is 0 Å². The molecule has 0 radical (unpaired) electrons. The van der Waals surface area contributed by atoms with E-state index in [4.69, 9.17) is 0 Å². The molecule has 0 spiro atoms. The lowest BCUT2D eigenvalue weighted by molar-refractivity contribution is 0.239. The Bertz CT molecular complexity index is 97.8. The highest BCUT2D eigenvalue weighted by Gasteiger charge is 2.20. The van der Waals surface area contributed by atoms with E-state index in [1.807, 2.05) is 0 Å². The van der Waals surface area contributed by atoms with Crippen LogP contribution < -0.4 is 0 Å². The monoisotopic (exact) mass is 177 g/mol. The van der Waals surface area contributed by atoms with Crippen molar-refractivity contribution in [2.24, 2.45) is 11.8 Å². The van der Waals surface area contributed by atoms with E-state index in [0.717, 1.165) is 11.8 Å². The highest BCUT2D eigenvalue weighted by molar-refractivity contribution is 8.67. The van der Waals surface area contributed by atoms with Gasteiger partial charge in [-0.25, -0.2) is 4.31 Å². The maximum atomic E-state index is 4.19. The number of hydrogen-bond acceptors (Lipinski definition) is 3. The minimum absolute atomic E-state index is 0.850. The molecule has 1 rings (SSSR count). The van der Waals surface area contributed by atoms with Gasteiger partial charge in [-0.1, -0.05) is 25.5 Å². The van der Waals surface area contributed by atoms with Crippen LogP contribution in [-0.2, 0) is 0 Å². The summed E-state index contributed by atoms with van der Waals surface area (Å²) in [5.41, 5.74) is 0. The van der Waals surface area contributed by atoms with Crippen molar-refractivity contribution < 1.29 is 0 Å². The summed E-state index contributed by atoms with van der Waals surface area (Å²) >= 11 is 4.19. The smallest absolute Gasteiger partial charge is 0.0123 e. The van der Waals surface area contributed by atoms with E-state index in [0.29, 0.717) is 0 Å². The zero-order valence-electron chi connectivity index (χ0n) is 6.58. The summed E-state index contributed by atoms with van der Waals surface area (Å²) in [6, 6.07) is 0. The maximum Gasteiger partial charge on any atom is 0.0123 e. The first-order chi connectivity index (χ1) is 4.72. The molecule has 1 heterocycles. The van der Waals surface area contributed by atoms with Gasteiger partial charge in [0.15, 0.2) is 0 Å². The third-order valence-electron chi connectivity index (χ3n) is 1.95. The normalized spacial score (nSPS) is 36.3. The van der Waals surface area contributed by atoms with Crippen LogP contribution in [0.2, 0.25) is 0 Å². The van der Waals surface area contributed by atoms with E-state index in [2.05, 4.69) is 29.8 Å². The molecule has 0 bridgehead atoms. The van der Waals surface area contributed by atoms with Crippen molar-refractivity contribution in [3.8, 4) is 0 Å². The van der Waals surface area contributed by atoms with Crippen LogP contribution in [0.3, 0.4) is 0 Å². The average Bonchev–Trinajstić information content (AvgIpc) is 1.85. The lowest BCUT2D eigenvalue weighted by Crippen LogP contribution is -2.33. The van der Waals surface area contributed by atoms with Crippen molar-refractivity contribution in [2.45, 2.75) is 20.3 Å². The maximum absolute atomic E-state index is 4.19. The van der Waals surface area contributed by atoms with Crippen LogP contribution in [0.5, 0.6) is 0 Å².